The lowest BCUT2D eigenvalue weighted by molar-refractivity contribution is 0.103. The number of carbonyl (C=O) groups excluding carboxylic acids is 2. The minimum Gasteiger partial charge on any atom is -0.398 e. The Labute approximate surface area is 210 Å². The predicted molar refractivity (Wildman–Crippen MR) is 139 cm³/mol. The molecule has 0 saturated carbocycles. The first kappa shape index (κ1) is 24.5. The summed E-state index contributed by atoms with van der Waals surface area (Å²) in [7, 11) is 0. The van der Waals surface area contributed by atoms with E-state index in [0.29, 0.717) is 43.7 Å². The fourth-order valence-corrected chi connectivity index (χ4v) is 3.56. The average Bonchev–Trinajstić information content (AvgIpc) is 2.81. The number of hydrogen-bond acceptors (Lipinski definition) is 4. The maximum atomic E-state index is 12.2. The number of halogens is 3. The van der Waals surface area contributed by atoms with Gasteiger partial charge in [-0.3, -0.25) is 9.59 Å². The van der Waals surface area contributed by atoms with Gasteiger partial charge in [-0.1, -0.05) is 51.3 Å². The number of rotatable bonds is 4. The molecule has 0 atom stereocenters. The Morgan fingerprint density at radius 2 is 1.06 bits per heavy atom. The van der Waals surface area contributed by atoms with Gasteiger partial charge in [0.05, 0.1) is 0 Å². The molecule has 0 aliphatic rings. The van der Waals surface area contributed by atoms with E-state index in [2.05, 4.69) is 15.9 Å². The highest BCUT2D eigenvalue weighted by Crippen LogP contribution is 2.22. The fraction of sp³-hybridized carbons (Fsp3) is 0. The Hall–Kier alpha value is -3.12. The highest BCUT2D eigenvalue weighted by molar-refractivity contribution is 9.10. The lowest BCUT2D eigenvalue weighted by atomic mass is 10.0. The van der Waals surface area contributed by atoms with Crippen molar-refractivity contribution in [1.29, 1.82) is 0 Å². The van der Waals surface area contributed by atoms with Crippen LogP contribution in [-0.4, -0.2) is 11.6 Å². The first-order valence-corrected chi connectivity index (χ1v) is 11.3. The van der Waals surface area contributed by atoms with Crippen LogP contribution in [0.15, 0.2) is 95.5 Å². The highest BCUT2D eigenvalue weighted by atomic mass is 79.9. The third kappa shape index (κ3) is 6.45. The SMILES string of the molecule is Nc1ccc(Br)cc1C(=O)c1ccc(Cl)cc1.Nc1ccccc1C(=O)c1ccc(Cl)cc1. The quantitative estimate of drug-likeness (QED) is 0.214. The fourth-order valence-electron chi connectivity index (χ4n) is 2.94. The van der Waals surface area contributed by atoms with Crippen LogP contribution in [0.25, 0.3) is 0 Å². The summed E-state index contributed by atoms with van der Waals surface area (Å²) in [6.07, 6.45) is 0. The van der Waals surface area contributed by atoms with Crippen molar-refractivity contribution in [2.75, 3.05) is 11.5 Å². The number of ketones is 2. The van der Waals surface area contributed by atoms with Crippen molar-refractivity contribution in [2.45, 2.75) is 0 Å². The van der Waals surface area contributed by atoms with Crippen LogP contribution in [0.3, 0.4) is 0 Å². The number of anilines is 2. The standard InChI is InChI=1S/C13H9BrClNO.C13H10ClNO/c14-9-3-6-12(16)11(7-9)13(17)8-1-4-10(15)5-2-8;14-10-7-5-9(6-8-10)13(16)11-3-1-2-4-12(11)15/h1-7H,16H2;1-8H,15H2. The zero-order valence-corrected chi connectivity index (χ0v) is 20.4. The van der Waals surface area contributed by atoms with Crippen LogP contribution in [0, 0.1) is 0 Å². The summed E-state index contributed by atoms with van der Waals surface area (Å²) in [5.41, 5.74) is 14.6. The Kier molecular flexibility index (Phi) is 8.28. The van der Waals surface area contributed by atoms with Gasteiger partial charge in [0.1, 0.15) is 0 Å². The van der Waals surface area contributed by atoms with Crippen LogP contribution in [-0.2, 0) is 0 Å². The topological polar surface area (TPSA) is 86.2 Å². The van der Waals surface area contributed by atoms with Crippen molar-refractivity contribution >= 4 is 62.1 Å². The maximum Gasteiger partial charge on any atom is 0.195 e. The van der Waals surface area contributed by atoms with Gasteiger partial charge >= 0.3 is 0 Å². The summed E-state index contributed by atoms with van der Waals surface area (Å²) in [4.78, 5) is 24.2. The summed E-state index contributed by atoms with van der Waals surface area (Å²) in [5.74, 6) is -0.199. The molecule has 0 unspecified atom stereocenters. The Morgan fingerprint density at radius 1 is 0.606 bits per heavy atom. The van der Waals surface area contributed by atoms with E-state index in [9.17, 15) is 9.59 Å². The van der Waals surface area contributed by atoms with Crippen LogP contribution in [0.4, 0.5) is 11.4 Å². The molecule has 4 rings (SSSR count). The molecule has 0 heterocycles. The van der Waals surface area contributed by atoms with E-state index >= 15 is 0 Å². The molecule has 0 saturated heterocycles. The molecule has 0 aliphatic carbocycles. The summed E-state index contributed by atoms with van der Waals surface area (Å²) in [6, 6.07) is 25.7. The number of nitrogen functional groups attached to an aromatic ring is 2. The second-order valence-electron chi connectivity index (χ2n) is 6.99. The largest absolute Gasteiger partial charge is 0.398 e. The second kappa shape index (κ2) is 11.1. The minimum absolute atomic E-state index is 0.0882. The third-order valence-electron chi connectivity index (χ3n) is 4.68. The summed E-state index contributed by atoms with van der Waals surface area (Å²) in [6.45, 7) is 0. The van der Waals surface area contributed by atoms with E-state index in [1.165, 1.54) is 0 Å². The van der Waals surface area contributed by atoms with Crippen molar-refractivity contribution in [1.82, 2.24) is 0 Å². The smallest absolute Gasteiger partial charge is 0.195 e. The van der Waals surface area contributed by atoms with Crippen LogP contribution >= 0.6 is 39.1 Å². The van der Waals surface area contributed by atoms with Gasteiger partial charge in [0.25, 0.3) is 0 Å². The number of benzene rings is 4. The molecule has 0 amide bonds. The second-order valence-corrected chi connectivity index (χ2v) is 8.78. The number of nitrogens with two attached hydrogens (primary N) is 2. The van der Waals surface area contributed by atoms with E-state index in [-0.39, 0.29) is 11.6 Å². The van der Waals surface area contributed by atoms with Crippen LogP contribution < -0.4 is 11.5 Å². The first-order valence-electron chi connectivity index (χ1n) is 9.76. The lowest BCUT2D eigenvalue weighted by Gasteiger charge is -2.05. The van der Waals surface area contributed by atoms with E-state index in [0.717, 1.165) is 4.47 Å². The zero-order valence-electron chi connectivity index (χ0n) is 17.3. The van der Waals surface area contributed by atoms with Crippen molar-refractivity contribution in [3.63, 3.8) is 0 Å². The van der Waals surface area contributed by atoms with Gasteiger partial charge in [-0.2, -0.15) is 0 Å². The molecule has 0 bridgehead atoms. The van der Waals surface area contributed by atoms with Crippen molar-refractivity contribution in [2.24, 2.45) is 0 Å². The van der Waals surface area contributed by atoms with Crippen LogP contribution in [0.2, 0.25) is 10.0 Å². The van der Waals surface area contributed by atoms with Gasteiger partial charge < -0.3 is 11.5 Å². The van der Waals surface area contributed by atoms with Gasteiger partial charge in [0.15, 0.2) is 11.6 Å². The van der Waals surface area contributed by atoms with Gasteiger partial charge in [-0.15, -0.1) is 0 Å². The van der Waals surface area contributed by atoms with E-state index in [1.807, 2.05) is 0 Å². The normalized spacial score (nSPS) is 10.2. The molecule has 0 aromatic heterocycles. The predicted octanol–water partition coefficient (Wildman–Crippen LogP) is 7.07. The van der Waals surface area contributed by atoms with Gasteiger partial charge in [0.2, 0.25) is 0 Å². The minimum atomic E-state index is -0.111. The number of carbonyl (C=O) groups is 2. The molecule has 0 spiro atoms. The number of para-hydroxylation sites is 1. The molecule has 166 valence electrons. The molecule has 4 N–H and O–H groups in total. The van der Waals surface area contributed by atoms with Crippen molar-refractivity contribution < 1.29 is 9.59 Å². The summed E-state index contributed by atoms with van der Waals surface area (Å²) >= 11 is 14.9. The lowest BCUT2D eigenvalue weighted by Crippen LogP contribution is -2.05. The molecule has 33 heavy (non-hydrogen) atoms. The van der Waals surface area contributed by atoms with Gasteiger partial charge in [-0.05, 0) is 78.9 Å². The Bertz CT molecular complexity index is 1290. The van der Waals surface area contributed by atoms with E-state index in [1.54, 1.807) is 91.0 Å². The molecule has 0 aliphatic heterocycles. The first-order chi connectivity index (χ1) is 15.8. The molecular weight excluding hydrogens is 523 g/mol. The monoisotopic (exact) mass is 540 g/mol. The molecule has 7 heteroatoms. The molecule has 0 fully saturated rings. The van der Waals surface area contributed by atoms with E-state index < -0.39 is 0 Å². The van der Waals surface area contributed by atoms with Crippen LogP contribution in [0.5, 0.6) is 0 Å². The maximum absolute atomic E-state index is 12.2. The molecule has 4 aromatic rings. The molecule has 0 radical (unpaired) electrons. The van der Waals surface area contributed by atoms with Crippen molar-refractivity contribution in [3.8, 4) is 0 Å². The third-order valence-corrected chi connectivity index (χ3v) is 5.68. The summed E-state index contributed by atoms with van der Waals surface area (Å²) < 4.78 is 0.823. The zero-order chi connectivity index (χ0) is 24.0. The highest BCUT2D eigenvalue weighted by Gasteiger charge is 2.13. The van der Waals surface area contributed by atoms with Crippen molar-refractivity contribution in [3.05, 3.63) is 128 Å². The van der Waals surface area contributed by atoms with Crippen LogP contribution in [0.1, 0.15) is 31.8 Å². The molecular formula is C26H19BrCl2N2O2. The Balaban J connectivity index is 0.000000186. The van der Waals surface area contributed by atoms with E-state index in [4.69, 9.17) is 34.7 Å². The van der Waals surface area contributed by atoms with Gasteiger partial charge in [0, 0.05) is 48.1 Å². The molecule has 4 nitrogen and oxygen atoms in total. The summed E-state index contributed by atoms with van der Waals surface area (Å²) in [5, 5.41) is 1.21. The molecule has 4 aromatic carbocycles. The Morgan fingerprint density at radius 3 is 1.58 bits per heavy atom. The average molecular weight is 542 g/mol. The number of hydrogen-bond donors (Lipinski definition) is 2. The van der Waals surface area contributed by atoms with Gasteiger partial charge in [-0.25, -0.2) is 0 Å².